The Hall–Kier alpha value is -4.73. The number of methoxy groups -OCH3 is 1. The zero-order valence-corrected chi connectivity index (χ0v) is 20.8. The third-order valence-electron chi connectivity index (χ3n) is 6.77. The second-order valence-corrected chi connectivity index (χ2v) is 9.14. The number of benzene rings is 2. The maximum absolute atomic E-state index is 13.8. The number of nitrogens with one attached hydrogen (secondary N) is 1. The largest absolute Gasteiger partial charge is 0.508 e. The monoisotopic (exact) mass is 518 g/mol. The number of phenolic OH excluding ortho intramolecular Hbond substituents is 1. The Morgan fingerprint density at radius 1 is 1.08 bits per heavy atom. The maximum atomic E-state index is 13.8. The van der Waals surface area contributed by atoms with Crippen LogP contribution in [-0.4, -0.2) is 39.6 Å². The summed E-state index contributed by atoms with van der Waals surface area (Å²) >= 11 is 0. The molecule has 2 aromatic carbocycles. The molecule has 0 fully saturated rings. The summed E-state index contributed by atoms with van der Waals surface area (Å²) in [7, 11) is 1.22. The van der Waals surface area contributed by atoms with E-state index in [1.165, 1.54) is 17.7 Å². The van der Waals surface area contributed by atoms with Gasteiger partial charge >= 0.3 is 5.97 Å². The molecule has 10 nitrogen and oxygen atoms in total. The van der Waals surface area contributed by atoms with Crippen molar-refractivity contribution in [2.75, 3.05) is 13.9 Å². The van der Waals surface area contributed by atoms with Crippen LogP contribution < -0.4 is 20.6 Å². The fraction of sp³-hybridized carbons (Fsp3) is 0.250. The van der Waals surface area contributed by atoms with Crippen LogP contribution >= 0.6 is 0 Å². The van der Waals surface area contributed by atoms with Gasteiger partial charge in [-0.1, -0.05) is 12.1 Å². The van der Waals surface area contributed by atoms with Crippen molar-refractivity contribution in [1.29, 1.82) is 0 Å². The van der Waals surface area contributed by atoms with Crippen LogP contribution in [0.15, 0.2) is 58.1 Å². The van der Waals surface area contributed by atoms with Crippen molar-refractivity contribution >= 4 is 16.9 Å². The van der Waals surface area contributed by atoms with E-state index in [2.05, 4.69) is 4.98 Å². The van der Waals surface area contributed by atoms with Gasteiger partial charge in [0.2, 0.25) is 6.79 Å². The maximum Gasteiger partial charge on any atom is 0.306 e. The number of hydrogen-bond donors (Lipinski definition) is 3. The lowest BCUT2D eigenvalue weighted by Gasteiger charge is -2.20. The Morgan fingerprint density at radius 3 is 2.50 bits per heavy atom. The number of nitrogens with zero attached hydrogens (tertiary/aromatic N) is 1. The topological polar surface area (TPSA) is 140 Å². The number of carbonyl (C=O) groups excluding carboxylic acids is 1. The molecule has 0 saturated carbocycles. The molecular formula is C28H26N2O8. The fourth-order valence-electron chi connectivity index (χ4n) is 4.77. The van der Waals surface area contributed by atoms with Crippen molar-refractivity contribution in [1.82, 2.24) is 9.55 Å². The van der Waals surface area contributed by atoms with E-state index in [1.54, 1.807) is 49.4 Å². The van der Waals surface area contributed by atoms with Crippen molar-refractivity contribution in [3.63, 3.8) is 0 Å². The molecule has 4 aromatic rings. The molecule has 0 spiro atoms. The molecule has 0 saturated heterocycles. The molecule has 0 radical (unpaired) electrons. The standard InChI is InChI=1S/C28H26N2O8/c1-15-9-22(32)26(28(35)30(15)8-7-16-3-5-18(31)6-4-16)19(12-25(33)36-2)20-10-17-11-23-24(38-14-37-23)13-21(17)29-27(20)34/h3-6,9-11,13,19,31-32H,7-8,12,14H2,1-2H3,(H,29,34). The number of phenols is 1. The normalized spacial score (nSPS) is 13.0. The number of aromatic amines is 1. The number of H-pyrrole nitrogens is 1. The summed E-state index contributed by atoms with van der Waals surface area (Å²) in [5.74, 6) is -0.879. The molecule has 5 rings (SSSR count). The van der Waals surface area contributed by atoms with Crippen LogP contribution in [-0.2, 0) is 22.5 Å². The summed E-state index contributed by atoms with van der Waals surface area (Å²) < 4.78 is 17.2. The van der Waals surface area contributed by atoms with Gasteiger partial charge in [-0.2, -0.15) is 0 Å². The number of rotatable bonds is 7. The summed E-state index contributed by atoms with van der Waals surface area (Å²) in [6.07, 6.45) is 0.149. The summed E-state index contributed by atoms with van der Waals surface area (Å²) in [6.45, 7) is 2.04. The number of esters is 1. The predicted molar refractivity (Wildman–Crippen MR) is 138 cm³/mol. The first kappa shape index (κ1) is 24.9. The molecule has 1 unspecified atom stereocenters. The number of aromatic nitrogens is 2. The molecule has 10 heteroatoms. The average molecular weight is 519 g/mol. The first-order chi connectivity index (χ1) is 18.2. The van der Waals surface area contributed by atoms with Gasteiger partial charge in [0, 0.05) is 35.2 Å². The molecule has 3 N–H and O–H groups in total. The van der Waals surface area contributed by atoms with Crippen molar-refractivity contribution in [3.05, 3.63) is 91.6 Å². The second-order valence-electron chi connectivity index (χ2n) is 9.14. The van der Waals surface area contributed by atoms with Crippen LogP contribution in [0.1, 0.15) is 34.7 Å². The van der Waals surface area contributed by atoms with E-state index >= 15 is 0 Å². The smallest absolute Gasteiger partial charge is 0.306 e. The van der Waals surface area contributed by atoms with Crippen LogP contribution in [0, 0.1) is 6.92 Å². The van der Waals surface area contributed by atoms with E-state index < -0.39 is 23.0 Å². The molecule has 1 aliphatic heterocycles. The van der Waals surface area contributed by atoms with Gasteiger partial charge in [0.05, 0.1) is 24.6 Å². The SMILES string of the molecule is COC(=O)CC(c1cc2cc3c(cc2[nH]c1=O)OCO3)c1c(O)cc(C)n(CCc2ccc(O)cc2)c1=O. The molecular weight excluding hydrogens is 492 g/mol. The van der Waals surface area contributed by atoms with Gasteiger partial charge < -0.3 is 34.0 Å². The van der Waals surface area contributed by atoms with Gasteiger partial charge in [0.1, 0.15) is 11.5 Å². The highest BCUT2D eigenvalue weighted by molar-refractivity contribution is 5.84. The molecule has 1 aliphatic rings. The Balaban J connectivity index is 1.61. The van der Waals surface area contributed by atoms with E-state index in [1.807, 2.05) is 0 Å². The summed E-state index contributed by atoms with van der Waals surface area (Å²) in [5, 5.41) is 21.1. The van der Waals surface area contributed by atoms with E-state index in [0.29, 0.717) is 34.5 Å². The van der Waals surface area contributed by atoms with Crippen LogP contribution in [0.4, 0.5) is 0 Å². The van der Waals surface area contributed by atoms with Crippen molar-refractivity contribution in [3.8, 4) is 23.0 Å². The van der Waals surface area contributed by atoms with Gasteiger partial charge in [-0.05, 0) is 49.2 Å². The average Bonchev–Trinajstić information content (AvgIpc) is 3.34. The van der Waals surface area contributed by atoms with E-state index in [9.17, 15) is 24.6 Å². The zero-order valence-electron chi connectivity index (χ0n) is 20.8. The molecule has 196 valence electrons. The van der Waals surface area contributed by atoms with Gasteiger partial charge in [0.15, 0.2) is 11.5 Å². The van der Waals surface area contributed by atoms with Crippen molar-refractivity contribution < 1.29 is 29.2 Å². The van der Waals surface area contributed by atoms with Crippen LogP contribution in [0.5, 0.6) is 23.0 Å². The summed E-state index contributed by atoms with van der Waals surface area (Å²) in [4.78, 5) is 42.2. The molecule has 0 aliphatic carbocycles. The van der Waals surface area contributed by atoms with Crippen molar-refractivity contribution in [2.45, 2.75) is 32.2 Å². The Bertz CT molecular complexity index is 1650. The van der Waals surface area contributed by atoms with E-state index in [4.69, 9.17) is 14.2 Å². The number of aromatic hydroxyl groups is 2. The fourth-order valence-corrected chi connectivity index (χ4v) is 4.77. The number of aryl methyl sites for hydroxylation is 2. The lowest BCUT2D eigenvalue weighted by Crippen LogP contribution is -2.31. The number of hydrogen-bond acceptors (Lipinski definition) is 8. The molecule has 2 aromatic heterocycles. The lowest BCUT2D eigenvalue weighted by molar-refractivity contribution is -0.140. The quantitative estimate of drug-likeness (QED) is 0.317. The molecule has 3 heterocycles. The lowest BCUT2D eigenvalue weighted by atomic mass is 9.88. The second kappa shape index (κ2) is 9.97. The van der Waals surface area contributed by atoms with Gasteiger partial charge in [-0.25, -0.2) is 0 Å². The molecule has 0 amide bonds. The number of carbonyl (C=O) groups is 1. The van der Waals surface area contributed by atoms with Gasteiger partial charge in [0.25, 0.3) is 11.1 Å². The molecule has 38 heavy (non-hydrogen) atoms. The van der Waals surface area contributed by atoms with E-state index in [0.717, 1.165) is 5.56 Å². The number of pyridine rings is 2. The summed E-state index contributed by atoms with van der Waals surface area (Å²) in [5.41, 5.74) is 0.951. The summed E-state index contributed by atoms with van der Waals surface area (Å²) in [6, 6.07) is 13.0. The van der Waals surface area contributed by atoms with Gasteiger partial charge in [-0.3, -0.25) is 14.4 Å². The Labute approximate surface area is 216 Å². The van der Waals surface area contributed by atoms with Crippen LogP contribution in [0.3, 0.4) is 0 Å². The Kier molecular flexibility index (Phi) is 6.54. The minimum absolute atomic E-state index is 0.0641. The number of ether oxygens (including phenoxy) is 3. The minimum atomic E-state index is -1.07. The Morgan fingerprint density at radius 2 is 1.79 bits per heavy atom. The van der Waals surface area contributed by atoms with Crippen LogP contribution in [0.25, 0.3) is 10.9 Å². The predicted octanol–water partition coefficient (Wildman–Crippen LogP) is 3.08. The van der Waals surface area contributed by atoms with Gasteiger partial charge in [-0.15, -0.1) is 0 Å². The van der Waals surface area contributed by atoms with Crippen LogP contribution in [0.2, 0.25) is 0 Å². The third kappa shape index (κ3) is 4.68. The molecule has 0 bridgehead atoms. The highest BCUT2D eigenvalue weighted by atomic mass is 16.7. The highest BCUT2D eigenvalue weighted by Gasteiger charge is 2.29. The van der Waals surface area contributed by atoms with E-state index in [-0.39, 0.29) is 42.4 Å². The van der Waals surface area contributed by atoms with Crippen molar-refractivity contribution in [2.24, 2.45) is 0 Å². The minimum Gasteiger partial charge on any atom is -0.508 e. The third-order valence-corrected chi connectivity index (χ3v) is 6.77. The first-order valence-corrected chi connectivity index (χ1v) is 12.0. The highest BCUT2D eigenvalue weighted by Crippen LogP contribution is 2.37. The first-order valence-electron chi connectivity index (χ1n) is 12.0. The number of fused-ring (bicyclic) bond motifs is 2. The molecule has 1 atom stereocenters. The zero-order chi connectivity index (χ0) is 27.0.